The van der Waals surface area contributed by atoms with Crippen molar-refractivity contribution < 1.29 is 16.5 Å². The van der Waals surface area contributed by atoms with E-state index in [0.29, 0.717) is 0 Å². The van der Waals surface area contributed by atoms with Crippen molar-refractivity contribution in [3.63, 3.8) is 0 Å². The van der Waals surface area contributed by atoms with Crippen LogP contribution in [0.3, 0.4) is 0 Å². The smallest absolute Gasteiger partial charge is 0 e. The van der Waals surface area contributed by atoms with Gasteiger partial charge >= 0.3 is 0 Å². The number of benzene rings is 2. The van der Waals surface area contributed by atoms with Crippen LogP contribution in [0.4, 0.5) is 0 Å². The Morgan fingerprint density at radius 3 is 1.16 bits per heavy atom. The number of hydrogen-bond donors (Lipinski definition) is 0. The fourth-order valence-corrected chi connectivity index (χ4v) is 1.87. The fourth-order valence-electron chi connectivity index (χ4n) is 1.87. The number of hydrogen-bond acceptors (Lipinski definition) is 0. The van der Waals surface area contributed by atoms with Gasteiger partial charge in [0.15, 0.2) is 0 Å². The maximum atomic E-state index is 2.20. The summed E-state index contributed by atoms with van der Waals surface area (Å²) in [6.07, 6.45) is 4.90. The largest absolute Gasteiger partial charge is 0.0651 e. The van der Waals surface area contributed by atoms with E-state index in [-0.39, 0.29) is 16.5 Å². The summed E-state index contributed by atoms with van der Waals surface area (Å²) in [5.41, 5.74) is 2.89. The first kappa shape index (κ1) is 17.9. The van der Waals surface area contributed by atoms with Crippen LogP contribution in [0.1, 0.15) is 37.8 Å². The van der Waals surface area contributed by atoms with Gasteiger partial charge in [0.1, 0.15) is 0 Å². The summed E-state index contributed by atoms with van der Waals surface area (Å²) in [5, 5.41) is 0. The van der Waals surface area contributed by atoms with Gasteiger partial charge in [0, 0.05) is 16.5 Å². The van der Waals surface area contributed by atoms with E-state index >= 15 is 0 Å². The summed E-state index contributed by atoms with van der Waals surface area (Å²) >= 11 is 0. The van der Waals surface area contributed by atoms with Crippen LogP contribution in [0, 0.1) is 0 Å². The molecule has 0 heterocycles. The van der Waals surface area contributed by atoms with E-state index in [2.05, 4.69) is 74.5 Å². The van der Waals surface area contributed by atoms with E-state index in [9.17, 15) is 0 Å². The van der Waals surface area contributed by atoms with Crippen LogP contribution in [-0.4, -0.2) is 0 Å². The summed E-state index contributed by atoms with van der Waals surface area (Å²) in [4.78, 5) is 0. The third-order valence-electron chi connectivity index (χ3n) is 2.76. The molecular formula is C18H24Ni. The minimum Gasteiger partial charge on any atom is -0.0651 e. The first-order valence-electron chi connectivity index (χ1n) is 6.94. The first-order chi connectivity index (χ1) is 8.86. The molecule has 0 spiro atoms. The molecule has 0 amide bonds. The zero-order valence-electron chi connectivity index (χ0n) is 11.9. The van der Waals surface area contributed by atoms with Crippen molar-refractivity contribution in [1.29, 1.82) is 0 Å². The molecule has 0 aliphatic heterocycles. The van der Waals surface area contributed by atoms with E-state index in [0.717, 1.165) is 0 Å². The van der Waals surface area contributed by atoms with E-state index in [4.69, 9.17) is 0 Å². The average molecular weight is 299 g/mol. The number of aryl methyl sites for hydroxylation is 2. The second-order valence-electron chi connectivity index (χ2n) is 4.47. The number of rotatable bonds is 4. The quantitative estimate of drug-likeness (QED) is 0.674. The Morgan fingerprint density at radius 1 is 0.579 bits per heavy atom. The zero-order chi connectivity index (χ0) is 13.1. The standard InChI is InChI=1S/2C9H12.Ni/c2*1-2-6-9-7-4-3-5-8-9;/h2*3-5,7-8H,2,6H2,1H3;. The molecule has 2 aromatic rings. The molecule has 0 saturated carbocycles. The van der Waals surface area contributed by atoms with Gasteiger partial charge in [0.25, 0.3) is 0 Å². The van der Waals surface area contributed by atoms with Crippen molar-refractivity contribution >= 4 is 0 Å². The van der Waals surface area contributed by atoms with E-state index in [1.807, 2.05) is 0 Å². The van der Waals surface area contributed by atoms with Gasteiger partial charge in [-0.25, -0.2) is 0 Å². The van der Waals surface area contributed by atoms with Crippen LogP contribution in [0.2, 0.25) is 0 Å². The van der Waals surface area contributed by atoms with Crippen LogP contribution in [0.5, 0.6) is 0 Å². The summed E-state index contributed by atoms with van der Waals surface area (Å²) in [6, 6.07) is 21.1. The molecular weight excluding hydrogens is 275 g/mol. The van der Waals surface area contributed by atoms with E-state index in [1.54, 1.807) is 0 Å². The maximum Gasteiger partial charge on any atom is 0 e. The molecule has 1 heteroatoms. The predicted octanol–water partition coefficient (Wildman–Crippen LogP) is 5.28. The Kier molecular flexibility index (Phi) is 11.3. The molecule has 0 bridgehead atoms. The minimum absolute atomic E-state index is 0. The molecule has 0 aliphatic rings. The van der Waals surface area contributed by atoms with Gasteiger partial charge in [-0.15, -0.1) is 0 Å². The minimum atomic E-state index is 0. The average Bonchev–Trinajstić information content (AvgIpc) is 2.43. The molecule has 0 fully saturated rings. The second kappa shape index (κ2) is 12.0. The third kappa shape index (κ3) is 8.62. The van der Waals surface area contributed by atoms with Crippen LogP contribution in [0.25, 0.3) is 0 Å². The van der Waals surface area contributed by atoms with Crippen molar-refractivity contribution in [1.82, 2.24) is 0 Å². The van der Waals surface area contributed by atoms with Gasteiger partial charge in [0.05, 0.1) is 0 Å². The van der Waals surface area contributed by atoms with Gasteiger partial charge in [0.2, 0.25) is 0 Å². The fraction of sp³-hybridized carbons (Fsp3) is 0.333. The van der Waals surface area contributed by atoms with Crippen molar-refractivity contribution in [2.75, 3.05) is 0 Å². The van der Waals surface area contributed by atoms with Crippen LogP contribution in [-0.2, 0) is 29.3 Å². The Balaban J connectivity index is 0.000000324. The molecule has 0 unspecified atom stereocenters. The molecule has 0 saturated heterocycles. The van der Waals surface area contributed by atoms with Crippen molar-refractivity contribution in [3.8, 4) is 0 Å². The van der Waals surface area contributed by atoms with E-state index < -0.39 is 0 Å². The second-order valence-corrected chi connectivity index (χ2v) is 4.47. The van der Waals surface area contributed by atoms with Crippen molar-refractivity contribution in [3.05, 3.63) is 71.8 Å². The Labute approximate surface area is 128 Å². The summed E-state index contributed by atoms with van der Waals surface area (Å²) in [5.74, 6) is 0. The summed E-state index contributed by atoms with van der Waals surface area (Å²) in [7, 11) is 0. The Bertz CT molecular complexity index is 353. The summed E-state index contributed by atoms with van der Waals surface area (Å²) < 4.78 is 0. The van der Waals surface area contributed by atoms with Gasteiger partial charge in [-0.05, 0) is 24.0 Å². The molecule has 0 N–H and O–H groups in total. The normalized spacial score (nSPS) is 8.95. The predicted molar refractivity (Wildman–Crippen MR) is 80.9 cm³/mol. The monoisotopic (exact) mass is 298 g/mol. The molecule has 0 aromatic heterocycles. The topological polar surface area (TPSA) is 0 Å². The molecule has 2 rings (SSSR count). The van der Waals surface area contributed by atoms with Crippen LogP contribution >= 0.6 is 0 Å². The molecule has 106 valence electrons. The first-order valence-corrected chi connectivity index (χ1v) is 6.94. The molecule has 0 aliphatic carbocycles. The third-order valence-corrected chi connectivity index (χ3v) is 2.76. The Morgan fingerprint density at radius 2 is 0.895 bits per heavy atom. The molecule has 0 nitrogen and oxygen atoms in total. The summed E-state index contributed by atoms with van der Waals surface area (Å²) in [6.45, 7) is 4.40. The zero-order valence-corrected chi connectivity index (χ0v) is 12.9. The van der Waals surface area contributed by atoms with Gasteiger partial charge < -0.3 is 0 Å². The van der Waals surface area contributed by atoms with Crippen molar-refractivity contribution in [2.45, 2.75) is 39.5 Å². The molecule has 19 heavy (non-hydrogen) atoms. The van der Waals surface area contributed by atoms with Crippen LogP contribution < -0.4 is 0 Å². The molecule has 2 aromatic carbocycles. The maximum absolute atomic E-state index is 2.20. The van der Waals surface area contributed by atoms with Gasteiger partial charge in [-0.3, -0.25) is 0 Å². The van der Waals surface area contributed by atoms with Crippen molar-refractivity contribution in [2.24, 2.45) is 0 Å². The van der Waals surface area contributed by atoms with Gasteiger partial charge in [-0.2, -0.15) is 0 Å². The molecule has 0 atom stereocenters. The van der Waals surface area contributed by atoms with Crippen LogP contribution in [0.15, 0.2) is 60.7 Å². The Hall–Kier alpha value is -1.07. The SMILES string of the molecule is CCCc1ccccc1.CCCc1ccccc1.[Ni]. The van der Waals surface area contributed by atoms with Gasteiger partial charge in [-0.1, -0.05) is 87.4 Å². The molecule has 0 radical (unpaired) electrons. The van der Waals surface area contributed by atoms with E-state index in [1.165, 1.54) is 36.8 Å².